The van der Waals surface area contributed by atoms with E-state index < -0.39 is 0 Å². The molecular weight excluding hydrogens is 302 g/mol. The van der Waals surface area contributed by atoms with Crippen LogP contribution in [0.25, 0.3) is 0 Å². The van der Waals surface area contributed by atoms with E-state index in [1.165, 1.54) is 52.4 Å². The lowest BCUT2D eigenvalue weighted by atomic mass is 10.1. The number of aliphatic hydroxyl groups is 1. The summed E-state index contributed by atoms with van der Waals surface area (Å²) in [4.78, 5) is 5.11. The first-order valence-electron chi connectivity index (χ1n) is 8.61. The third-order valence-corrected chi connectivity index (χ3v) is 5.44. The van der Waals surface area contributed by atoms with Crippen LogP contribution in [0.3, 0.4) is 0 Å². The average Bonchev–Trinajstić information content (AvgIpc) is 2.58. The Labute approximate surface area is 143 Å². The Morgan fingerprint density at radius 2 is 1.78 bits per heavy atom. The largest absolute Gasteiger partial charge is 0.396 e. The lowest BCUT2D eigenvalue weighted by Crippen LogP contribution is -2.22. The van der Waals surface area contributed by atoms with Crippen LogP contribution in [0.5, 0.6) is 0 Å². The zero-order chi connectivity index (χ0) is 16.1. The van der Waals surface area contributed by atoms with Crippen LogP contribution in [-0.2, 0) is 6.42 Å². The van der Waals surface area contributed by atoms with Crippen LogP contribution >= 0.6 is 11.8 Å². The van der Waals surface area contributed by atoms with Gasteiger partial charge in [0.15, 0.2) is 0 Å². The average molecular weight is 327 g/mol. The van der Waals surface area contributed by atoms with Gasteiger partial charge in [0.2, 0.25) is 0 Å². The Balaban J connectivity index is 1.88. The standard InChI is InChI=1S/C20H25NOS/c1-2-3-4-7-13-21-17-8-5-6-9-19(17)23-20-15-16(12-14-22)10-11-18(20)21/h5-6,8-11,15,22H,2-4,7,12-14H2,1H3. The molecule has 2 aromatic rings. The molecule has 1 N–H and O–H groups in total. The predicted octanol–water partition coefficient (Wildman–Crippen LogP) is 5.40. The molecule has 23 heavy (non-hydrogen) atoms. The molecule has 1 aliphatic heterocycles. The molecule has 0 spiro atoms. The number of aliphatic hydroxyl groups excluding tert-OH is 1. The molecule has 0 aliphatic carbocycles. The predicted molar refractivity (Wildman–Crippen MR) is 98.9 cm³/mol. The van der Waals surface area contributed by atoms with Crippen molar-refractivity contribution in [3.8, 4) is 0 Å². The van der Waals surface area contributed by atoms with Gasteiger partial charge in [-0.2, -0.15) is 0 Å². The van der Waals surface area contributed by atoms with Crippen molar-refractivity contribution in [1.82, 2.24) is 0 Å². The molecule has 3 rings (SSSR count). The van der Waals surface area contributed by atoms with Gasteiger partial charge in [0.05, 0.1) is 11.4 Å². The smallest absolute Gasteiger partial charge is 0.0553 e. The number of hydrogen-bond donors (Lipinski definition) is 1. The lowest BCUT2D eigenvalue weighted by Gasteiger charge is -2.33. The minimum Gasteiger partial charge on any atom is -0.396 e. The van der Waals surface area contributed by atoms with Crippen LogP contribution in [0.1, 0.15) is 38.2 Å². The molecule has 0 fully saturated rings. The van der Waals surface area contributed by atoms with Gasteiger partial charge >= 0.3 is 0 Å². The SMILES string of the molecule is CCCCCCN1c2ccccc2Sc2cc(CCO)ccc21. The lowest BCUT2D eigenvalue weighted by molar-refractivity contribution is 0.299. The van der Waals surface area contributed by atoms with Gasteiger partial charge in [-0.15, -0.1) is 0 Å². The molecule has 0 atom stereocenters. The van der Waals surface area contributed by atoms with Gasteiger partial charge in [-0.3, -0.25) is 0 Å². The summed E-state index contributed by atoms with van der Waals surface area (Å²) in [6.07, 6.45) is 5.83. The first-order chi connectivity index (χ1) is 11.3. The van der Waals surface area contributed by atoms with Gasteiger partial charge in [-0.25, -0.2) is 0 Å². The maximum atomic E-state index is 9.18. The summed E-state index contributed by atoms with van der Waals surface area (Å²) in [5.74, 6) is 0. The van der Waals surface area contributed by atoms with Crippen molar-refractivity contribution in [3.05, 3.63) is 48.0 Å². The summed E-state index contributed by atoms with van der Waals surface area (Å²) in [6, 6.07) is 15.3. The van der Waals surface area contributed by atoms with Gasteiger partial charge in [0.1, 0.15) is 0 Å². The fourth-order valence-electron chi connectivity index (χ4n) is 3.10. The second kappa shape index (κ2) is 7.89. The van der Waals surface area contributed by atoms with E-state index in [4.69, 9.17) is 0 Å². The second-order valence-electron chi connectivity index (χ2n) is 6.06. The summed E-state index contributed by atoms with van der Waals surface area (Å²) in [6.45, 7) is 3.54. The molecule has 2 nitrogen and oxygen atoms in total. The number of para-hydroxylation sites is 1. The van der Waals surface area contributed by atoms with E-state index >= 15 is 0 Å². The molecule has 0 aromatic heterocycles. The number of benzene rings is 2. The number of unbranched alkanes of at least 4 members (excludes halogenated alkanes) is 3. The van der Waals surface area contributed by atoms with Crippen LogP contribution in [0.15, 0.2) is 52.3 Å². The van der Waals surface area contributed by atoms with Crippen molar-refractivity contribution < 1.29 is 5.11 Å². The summed E-state index contributed by atoms with van der Waals surface area (Å²) in [7, 11) is 0. The number of anilines is 2. The highest BCUT2D eigenvalue weighted by atomic mass is 32.2. The van der Waals surface area contributed by atoms with E-state index in [2.05, 4.69) is 54.3 Å². The van der Waals surface area contributed by atoms with Crippen LogP contribution in [0.4, 0.5) is 11.4 Å². The zero-order valence-corrected chi connectivity index (χ0v) is 14.6. The molecule has 0 saturated carbocycles. The first kappa shape index (κ1) is 16.4. The highest BCUT2D eigenvalue weighted by molar-refractivity contribution is 7.99. The normalized spacial score (nSPS) is 12.9. The molecule has 1 aliphatic rings. The van der Waals surface area contributed by atoms with E-state index in [1.54, 1.807) is 0 Å². The molecule has 0 unspecified atom stereocenters. The minimum absolute atomic E-state index is 0.209. The molecule has 1 heterocycles. The van der Waals surface area contributed by atoms with Gasteiger partial charge in [0.25, 0.3) is 0 Å². The molecule has 0 bridgehead atoms. The Morgan fingerprint density at radius 1 is 0.957 bits per heavy atom. The Hall–Kier alpha value is -1.45. The van der Waals surface area contributed by atoms with Crippen LogP contribution in [0.2, 0.25) is 0 Å². The third kappa shape index (κ3) is 3.73. The van der Waals surface area contributed by atoms with Gasteiger partial charge in [-0.05, 0) is 42.7 Å². The van der Waals surface area contributed by atoms with Crippen LogP contribution in [0, 0.1) is 0 Å². The summed E-state index contributed by atoms with van der Waals surface area (Å²) in [5.41, 5.74) is 3.85. The molecular formula is C20H25NOS. The topological polar surface area (TPSA) is 23.5 Å². The fraction of sp³-hybridized carbons (Fsp3) is 0.400. The van der Waals surface area contributed by atoms with Crippen molar-refractivity contribution in [2.75, 3.05) is 18.1 Å². The van der Waals surface area contributed by atoms with Gasteiger partial charge in [-0.1, -0.05) is 56.1 Å². The first-order valence-corrected chi connectivity index (χ1v) is 9.43. The van der Waals surface area contributed by atoms with Gasteiger partial charge in [0, 0.05) is 22.9 Å². The van der Waals surface area contributed by atoms with E-state index in [1.807, 2.05) is 11.8 Å². The Bertz CT molecular complexity index is 656. The summed E-state index contributed by atoms with van der Waals surface area (Å²) in [5, 5.41) is 9.18. The number of hydrogen-bond acceptors (Lipinski definition) is 3. The van der Waals surface area contributed by atoms with Gasteiger partial charge < -0.3 is 10.0 Å². The van der Waals surface area contributed by atoms with E-state index in [0.717, 1.165) is 13.0 Å². The molecule has 0 radical (unpaired) electrons. The van der Waals surface area contributed by atoms with Crippen LogP contribution < -0.4 is 4.90 Å². The van der Waals surface area contributed by atoms with E-state index in [9.17, 15) is 5.11 Å². The van der Waals surface area contributed by atoms with E-state index in [0.29, 0.717) is 0 Å². The van der Waals surface area contributed by atoms with Crippen molar-refractivity contribution >= 4 is 23.1 Å². The zero-order valence-electron chi connectivity index (χ0n) is 13.8. The minimum atomic E-state index is 0.209. The molecule has 0 amide bonds. The third-order valence-electron chi connectivity index (χ3n) is 4.33. The Morgan fingerprint density at radius 3 is 2.61 bits per heavy atom. The molecule has 122 valence electrons. The quantitative estimate of drug-likeness (QED) is 0.688. The highest BCUT2D eigenvalue weighted by Gasteiger charge is 2.22. The fourth-order valence-corrected chi connectivity index (χ4v) is 4.26. The molecule has 0 saturated heterocycles. The maximum absolute atomic E-state index is 9.18. The number of nitrogens with zero attached hydrogens (tertiary/aromatic N) is 1. The maximum Gasteiger partial charge on any atom is 0.0553 e. The second-order valence-corrected chi connectivity index (χ2v) is 7.14. The highest BCUT2D eigenvalue weighted by Crippen LogP contribution is 2.48. The van der Waals surface area contributed by atoms with E-state index in [-0.39, 0.29) is 6.61 Å². The van der Waals surface area contributed by atoms with Crippen molar-refractivity contribution in [2.45, 2.75) is 48.8 Å². The van der Waals surface area contributed by atoms with Crippen molar-refractivity contribution in [2.24, 2.45) is 0 Å². The Kier molecular flexibility index (Phi) is 5.63. The molecule has 2 aromatic carbocycles. The summed E-state index contributed by atoms with van der Waals surface area (Å²) < 4.78 is 0. The summed E-state index contributed by atoms with van der Waals surface area (Å²) >= 11 is 1.85. The van der Waals surface area contributed by atoms with Crippen LogP contribution in [-0.4, -0.2) is 18.3 Å². The number of rotatable bonds is 7. The van der Waals surface area contributed by atoms with Crippen molar-refractivity contribution in [3.63, 3.8) is 0 Å². The molecule has 3 heteroatoms. The monoisotopic (exact) mass is 327 g/mol. The number of fused-ring (bicyclic) bond motifs is 2. The van der Waals surface area contributed by atoms with Crippen molar-refractivity contribution in [1.29, 1.82) is 0 Å².